The second-order valence-electron chi connectivity index (χ2n) is 5.65. The van der Waals surface area contributed by atoms with E-state index in [0.717, 1.165) is 29.5 Å². The van der Waals surface area contributed by atoms with Gasteiger partial charge in [0, 0.05) is 25.0 Å². The summed E-state index contributed by atoms with van der Waals surface area (Å²) in [6.45, 7) is 8.32. The summed E-state index contributed by atoms with van der Waals surface area (Å²) in [6, 6.07) is 1.90. The van der Waals surface area contributed by atoms with Gasteiger partial charge in [-0.1, -0.05) is 43.6 Å². The first-order valence-corrected chi connectivity index (χ1v) is 8.92. The van der Waals surface area contributed by atoms with Crippen LogP contribution in [0.2, 0.25) is 10.0 Å². The lowest BCUT2D eigenvalue weighted by Gasteiger charge is -2.18. The van der Waals surface area contributed by atoms with Gasteiger partial charge in [-0.2, -0.15) is 0 Å². The zero-order chi connectivity index (χ0) is 18.4. The van der Waals surface area contributed by atoms with Crippen molar-refractivity contribution in [2.75, 3.05) is 7.11 Å². The van der Waals surface area contributed by atoms with Crippen LogP contribution >= 0.6 is 23.2 Å². The first kappa shape index (κ1) is 19.5. The van der Waals surface area contributed by atoms with Gasteiger partial charge >= 0.3 is 0 Å². The van der Waals surface area contributed by atoms with Crippen LogP contribution in [0.15, 0.2) is 31.2 Å². The van der Waals surface area contributed by atoms with Crippen molar-refractivity contribution in [2.45, 2.75) is 39.2 Å². The Balaban J connectivity index is 2.28. The van der Waals surface area contributed by atoms with E-state index in [-0.39, 0.29) is 6.10 Å². The maximum Gasteiger partial charge on any atom is 0.256 e. The fraction of sp³-hybridized carbons (Fsp3) is 0.368. The number of rotatable bonds is 8. The quantitative estimate of drug-likeness (QED) is 0.596. The van der Waals surface area contributed by atoms with E-state index in [2.05, 4.69) is 30.4 Å². The van der Waals surface area contributed by atoms with Crippen LogP contribution in [-0.4, -0.2) is 23.2 Å². The van der Waals surface area contributed by atoms with Gasteiger partial charge in [0.25, 0.3) is 5.88 Å². The third-order valence-corrected chi connectivity index (χ3v) is 4.62. The molecule has 0 saturated heterocycles. The van der Waals surface area contributed by atoms with Crippen LogP contribution in [0.4, 0.5) is 0 Å². The highest BCUT2D eigenvalue weighted by Gasteiger charge is 2.15. The molecule has 4 nitrogen and oxygen atoms in total. The molecule has 2 aromatic rings. The van der Waals surface area contributed by atoms with Crippen molar-refractivity contribution in [2.24, 2.45) is 0 Å². The molecule has 2 rings (SSSR count). The Morgan fingerprint density at radius 2 is 1.80 bits per heavy atom. The van der Waals surface area contributed by atoms with Gasteiger partial charge in [-0.3, -0.25) is 4.98 Å². The Morgan fingerprint density at radius 1 is 1.16 bits per heavy atom. The number of pyridine rings is 2. The maximum atomic E-state index is 6.20. The summed E-state index contributed by atoms with van der Waals surface area (Å²) in [4.78, 5) is 8.31. The molecule has 0 aliphatic rings. The van der Waals surface area contributed by atoms with Crippen LogP contribution in [-0.2, 0) is 6.42 Å². The largest absolute Gasteiger partial charge is 0.485 e. The number of methoxy groups -OCH3 is 1. The van der Waals surface area contributed by atoms with E-state index in [4.69, 9.17) is 32.7 Å². The highest BCUT2D eigenvalue weighted by Crippen LogP contribution is 2.32. The van der Waals surface area contributed by atoms with E-state index >= 15 is 0 Å². The number of hydrogen-bond acceptors (Lipinski definition) is 4. The molecule has 2 aromatic heterocycles. The van der Waals surface area contributed by atoms with E-state index in [1.54, 1.807) is 25.7 Å². The zero-order valence-corrected chi connectivity index (χ0v) is 16.2. The van der Waals surface area contributed by atoms with Gasteiger partial charge < -0.3 is 9.47 Å². The molecular weight excluding hydrogens is 359 g/mol. The normalized spacial score (nSPS) is 10.8. The highest BCUT2D eigenvalue weighted by molar-refractivity contribution is 6.35. The molecular formula is C19H22Cl2N2O2. The number of hydrogen-bond donors (Lipinski definition) is 0. The molecule has 0 unspecified atom stereocenters. The second-order valence-corrected chi connectivity index (χ2v) is 6.46. The first-order chi connectivity index (χ1) is 12.0. The standard InChI is InChI=1S/C19H22Cl2N2O2/c1-5-14(6-2)25-18-8-13(9-23-19(18)24-4)12(3)7-15-16(20)10-22-11-17(15)21/h8-11,14H,3,5-7H2,1-2,4H3. The molecule has 0 fully saturated rings. The van der Waals surface area contributed by atoms with Gasteiger partial charge in [0.15, 0.2) is 5.75 Å². The lowest BCUT2D eigenvalue weighted by molar-refractivity contribution is 0.183. The molecule has 0 N–H and O–H groups in total. The molecule has 0 radical (unpaired) electrons. The van der Waals surface area contributed by atoms with Gasteiger partial charge in [0.2, 0.25) is 0 Å². The maximum absolute atomic E-state index is 6.20. The van der Waals surface area contributed by atoms with Crippen molar-refractivity contribution in [1.82, 2.24) is 9.97 Å². The van der Waals surface area contributed by atoms with Crippen LogP contribution in [0.1, 0.15) is 37.8 Å². The van der Waals surface area contributed by atoms with Crippen LogP contribution in [0, 0.1) is 0 Å². The Kier molecular flexibility index (Phi) is 7.09. The molecule has 6 heteroatoms. The Labute approximate surface area is 158 Å². The molecule has 0 aliphatic heterocycles. The molecule has 0 amide bonds. The number of allylic oxidation sites excluding steroid dienone is 1. The number of halogens is 2. The van der Waals surface area contributed by atoms with Crippen molar-refractivity contribution in [1.29, 1.82) is 0 Å². The van der Waals surface area contributed by atoms with Gasteiger partial charge in [0.1, 0.15) is 0 Å². The van der Waals surface area contributed by atoms with Crippen molar-refractivity contribution >= 4 is 28.8 Å². The third kappa shape index (κ3) is 4.86. The Morgan fingerprint density at radius 3 is 2.36 bits per heavy atom. The second kappa shape index (κ2) is 9.07. The van der Waals surface area contributed by atoms with Crippen LogP contribution in [0.5, 0.6) is 11.6 Å². The Bertz CT molecular complexity index is 726. The van der Waals surface area contributed by atoms with E-state index in [1.807, 2.05) is 6.07 Å². The average molecular weight is 381 g/mol. The summed E-state index contributed by atoms with van der Waals surface area (Å²) in [5.41, 5.74) is 2.48. The number of ether oxygens (including phenoxy) is 2. The predicted octanol–water partition coefficient (Wildman–Crippen LogP) is 5.62. The van der Waals surface area contributed by atoms with Gasteiger partial charge in [-0.15, -0.1) is 0 Å². The fourth-order valence-electron chi connectivity index (χ4n) is 2.42. The topological polar surface area (TPSA) is 44.2 Å². The molecule has 2 heterocycles. The molecule has 0 atom stereocenters. The van der Waals surface area contributed by atoms with Crippen LogP contribution in [0.3, 0.4) is 0 Å². The summed E-state index contributed by atoms with van der Waals surface area (Å²) in [5.74, 6) is 1.07. The van der Waals surface area contributed by atoms with E-state index in [0.29, 0.717) is 28.1 Å². The molecule has 0 saturated carbocycles. The molecule has 25 heavy (non-hydrogen) atoms. The average Bonchev–Trinajstić information content (AvgIpc) is 2.62. The third-order valence-electron chi connectivity index (χ3n) is 3.97. The summed E-state index contributed by atoms with van der Waals surface area (Å²) in [5, 5.41) is 1.03. The van der Waals surface area contributed by atoms with Crippen molar-refractivity contribution < 1.29 is 9.47 Å². The van der Waals surface area contributed by atoms with Gasteiger partial charge in [0.05, 0.1) is 23.3 Å². The lowest BCUT2D eigenvalue weighted by atomic mass is 10.0. The summed E-state index contributed by atoms with van der Waals surface area (Å²) in [6.07, 6.45) is 7.29. The molecule has 0 bridgehead atoms. The molecule has 0 spiro atoms. The van der Waals surface area contributed by atoms with Crippen LogP contribution < -0.4 is 9.47 Å². The summed E-state index contributed by atoms with van der Waals surface area (Å²) >= 11 is 12.4. The van der Waals surface area contributed by atoms with Gasteiger partial charge in [-0.25, -0.2) is 4.98 Å². The minimum atomic E-state index is 0.114. The Hall–Kier alpha value is -1.78. The minimum absolute atomic E-state index is 0.114. The smallest absolute Gasteiger partial charge is 0.256 e. The minimum Gasteiger partial charge on any atom is -0.485 e. The monoisotopic (exact) mass is 380 g/mol. The zero-order valence-electron chi connectivity index (χ0n) is 14.7. The van der Waals surface area contributed by atoms with Gasteiger partial charge in [-0.05, 0) is 35.6 Å². The molecule has 0 aliphatic carbocycles. The predicted molar refractivity (Wildman–Crippen MR) is 103 cm³/mol. The van der Waals surface area contributed by atoms with E-state index < -0.39 is 0 Å². The van der Waals surface area contributed by atoms with E-state index in [9.17, 15) is 0 Å². The highest BCUT2D eigenvalue weighted by atomic mass is 35.5. The lowest BCUT2D eigenvalue weighted by Crippen LogP contribution is -2.14. The number of nitrogens with zero attached hydrogens (tertiary/aromatic N) is 2. The SMILES string of the molecule is C=C(Cc1c(Cl)cncc1Cl)c1cnc(OC)c(OC(CC)CC)c1. The van der Waals surface area contributed by atoms with E-state index in [1.165, 1.54) is 0 Å². The van der Waals surface area contributed by atoms with Crippen molar-refractivity contribution in [3.63, 3.8) is 0 Å². The summed E-state index contributed by atoms with van der Waals surface area (Å²) in [7, 11) is 1.58. The first-order valence-electron chi connectivity index (χ1n) is 8.16. The molecule has 134 valence electrons. The van der Waals surface area contributed by atoms with Crippen molar-refractivity contribution in [3.8, 4) is 11.6 Å². The summed E-state index contributed by atoms with van der Waals surface area (Å²) < 4.78 is 11.3. The number of aromatic nitrogens is 2. The van der Waals surface area contributed by atoms with Crippen LogP contribution in [0.25, 0.3) is 5.57 Å². The fourth-order valence-corrected chi connectivity index (χ4v) is 2.92. The molecule has 0 aromatic carbocycles. The van der Waals surface area contributed by atoms with Crippen molar-refractivity contribution in [3.05, 3.63) is 52.4 Å².